The molecular formula is C7H16N2O3S. The van der Waals surface area contributed by atoms with Crippen molar-refractivity contribution in [3.05, 3.63) is 0 Å². The van der Waals surface area contributed by atoms with Gasteiger partial charge < -0.3 is 5.73 Å². The Morgan fingerprint density at radius 2 is 1.77 bits per heavy atom. The van der Waals surface area contributed by atoms with Gasteiger partial charge in [0.15, 0.2) is 0 Å². The normalized spacial score (nSPS) is 14.9. The summed E-state index contributed by atoms with van der Waals surface area (Å²) in [7, 11) is -2.01. The van der Waals surface area contributed by atoms with Crippen LogP contribution in [0, 0.1) is 5.92 Å². The fourth-order valence-corrected chi connectivity index (χ4v) is 1.89. The quantitative estimate of drug-likeness (QED) is 0.669. The molecule has 0 heterocycles. The minimum atomic E-state index is -3.36. The van der Waals surface area contributed by atoms with Crippen LogP contribution < -0.4 is 5.73 Å². The molecule has 2 N–H and O–H groups in total. The molecule has 0 aromatic carbocycles. The molecule has 0 fully saturated rings. The van der Waals surface area contributed by atoms with Gasteiger partial charge in [0.1, 0.15) is 6.04 Å². The highest BCUT2D eigenvalue weighted by atomic mass is 32.2. The molecule has 0 aromatic heterocycles. The molecule has 78 valence electrons. The molecule has 5 nitrogen and oxygen atoms in total. The molecule has 0 saturated carbocycles. The number of rotatable bonds is 4. The molecule has 6 heteroatoms. The van der Waals surface area contributed by atoms with E-state index in [-0.39, 0.29) is 5.92 Å². The second kappa shape index (κ2) is 4.06. The van der Waals surface area contributed by atoms with Gasteiger partial charge >= 0.3 is 0 Å². The van der Waals surface area contributed by atoms with Crippen molar-refractivity contribution in [1.82, 2.24) is 4.31 Å². The van der Waals surface area contributed by atoms with Crippen LogP contribution in [-0.4, -0.2) is 38.0 Å². The first-order valence-electron chi connectivity index (χ1n) is 3.90. The SMILES string of the molecule is CC(C)C(C(N)=O)N(C)S(C)(=O)=O. The molecule has 0 aliphatic rings. The summed E-state index contributed by atoms with van der Waals surface area (Å²) in [6, 6.07) is -0.769. The molecule has 0 aromatic rings. The Balaban J connectivity index is 4.88. The van der Waals surface area contributed by atoms with Gasteiger partial charge in [-0.3, -0.25) is 4.79 Å². The van der Waals surface area contributed by atoms with Crippen LogP contribution in [0.4, 0.5) is 0 Å². The van der Waals surface area contributed by atoms with Crippen molar-refractivity contribution in [2.75, 3.05) is 13.3 Å². The van der Waals surface area contributed by atoms with Gasteiger partial charge in [0.05, 0.1) is 6.26 Å². The van der Waals surface area contributed by atoms with Gasteiger partial charge in [-0.05, 0) is 5.92 Å². The van der Waals surface area contributed by atoms with Gasteiger partial charge in [-0.1, -0.05) is 13.8 Å². The van der Waals surface area contributed by atoms with Crippen LogP contribution in [0.2, 0.25) is 0 Å². The second-order valence-corrected chi connectivity index (χ2v) is 5.41. The smallest absolute Gasteiger partial charge is 0.236 e. The summed E-state index contributed by atoms with van der Waals surface area (Å²) in [4.78, 5) is 10.9. The third kappa shape index (κ3) is 3.31. The fraction of sp³-hybridized carbons (Fsp3) is 0.857. The van der Waals surface area contributed by atoms with Gasteiger partial charge in [0.25, 0.3) is 0 Å². The zero-order valence-electron chi connectivity index (χ0n) is 8.31. The average molecular weight is 208 g/mol. The monoisotopic (exact) mass is 208 g/mol. The van der Waals surface area contributed by atoms with Crippen molar-refractivity contribution < 1.29 is 13.2 Å². The molecule has 0 aliphatic heterocycles. The molecule has 0 saturated heterocycles. The summed E-state index contributed by atoms with van der Waals surface area (Å²) in [6.45, 7) is 3.49. The zero-order valence-corrected chi connectivity index (χ0v) is 9.13. The number of hydrogen-bond donors (Lipinski definition) is 1. The molecular weight excluding hydrogens is 192 g/mol. The van der Waals surface area contributed by atoms with E-state index in [2.05, 4.69) is 0 Å². The van der Waals surface area contributed by atoms with Crippen LogP contribution in [0.25, 0.3) is 0 Å². The molecule has 0 radical (unpaired) electrons. The highest BCUT2D eigenvalue weighted by molar-refractivity contribution is 7.88. The lowest BCUT2D eigenvalue weighted by molar-refractivity contribution is -0.122. The van der Waals surface area contributed by atoms with Crippen LogP contribution in [0.3, 0.4) is 0 Å². The summed E-state index contributed by atoms with van der Waals surface area (Å²) < 4.78 is 23.2. The van der Waals surface area contributed by atoms with Crippen LogP contribution in [0.1, 0.15) is 13.8 Å². The summed E-state index contributed by atoms with van der Waals surface area (Å²) in [5, 5.41) is 0. The Labute approximate surface area is 79.0 Å². The van der Waals surface area contributed by atoms with Crippen LogP contribution in [0.5, 0.6) is 0 Å². The van der Waals surface area contributed by atoms with Crippen LogP contribution in [-0.2, 0) is 14.8 Å². The number of carbonyl (C=O) groups is 1. The minimum absolute atomic E-state index is 0.128. The van der Waals surface area contributed by atoms with Crippen molar-refractivity contribution in [2.24, 2.45) is 11.7 Å². The van der Waals surface area contributed by atoms with Crippen molar-refractivity contribution in [2.45, 2.75) is 19.9 Å². The summed E-state index contributed by atoms with van der Waals surface area (Å²) in [5.41, 5.74) is 5.09. The highest BCUT2D eigenvalue weighted by Gasteiger charge is 2.29. The Hall–Kier alpha value is -0.620. The maximum absolute atomic E-state index is 11.1. The number of likely N-dealkylation sites (N-methyl/N-ethyl adjacent to an activating group) is 1. The van der Waals surface area contributed by atoms with Gasteiger partial charge in [0.2, 0.25) is 15.9 Å². The Morgan fingerprint density at radius 3 is 1.85 bits per heavy atom. The summed E-state index contributed by atoms with van der Waals surface area (Å²) in [6.07, 6.45) is 1.05. The van der Waals surface area contributed by atoms with E-state index in [1.54, 1.807) is 13.8 Å². The van der Waals surface area contributed by atoms with Crippen molar-refractivity contribution in [3.8, 4) is 0 Å². The van der Waals surface area contributed by atoms with E-state index < -0.39 is 22.0 Å². The molecule has 13 heavy (non-hydrogen) atoms. The first kappa shape index (κ1) is 12.4. The number of amides is 1. The molecule has 0 spiro atoms. The summed E-state index contributed by atoms with van der Waals surface area (Å²) >= 11 is 0. The van der Waals surface area contributed by atoms with Gasteiger partial charge in [0, 0.05) is 7.05 Å². The minimum Gasteiger partial charge on any atom is -0.368 e. The van der Waals surface area contributed by atoms with E-state index in [0.29, 0.717) is 0 Å². The predicted molar refractivity (Wildman–Crippen MR) is 50.4 cm³/mol. The van der Waals surface area contributed by atoms with Gasteiger partial charge in [-0.25, -0.2) is 8.42 Å². The molecule has 0 rings (SSSR count). The van der Waals surface area contributed by atoms with Gasteiger partial charge in [-0.2, -0.15) is 4.31 Å². The Morgan fingerprint density at radius 1 is 1.38 bits per heavy atom. The van der Waals surface area contributed by atoms with E-state index in [0.717, 1.165) is 10.6 Å². The zero-order chi connectivity index (χ0) is 10.8. The second-order valence-electron chi connectivity index (χ2n) is 3.37. The molecule has 0 aliphatic carbocycles. The van der Waals surface area contributed by atoms with Crippen molar-refractivity contribution in [1.29, 1.82) is 0 Å². The molecule has 0 bridgehead atoms. The first-order valence-corrected chi connectivity index (χ1v) is 5.75. The third-order valence-electron chi connectivity index (χ3n) is 1.84. The van der Waals surface area contributed by atoms with Crippen LogP contribution >= 0.6 is 0 Å². The first-order chi connectivity index (χ1) is 5.68. The van der Waals surface area contributed by atoms with Gasteiger partial charge in [-0.15, -0.1) is 0 Å². The average Bonchev–Trinajstić information content (AvgIpc) is 1.82. The Kier molecular flexibility index (Phi) is 3.87. The fourth-order valence-electron chi connectivity index (χ4n) is 1.13. The molecule has 1 unspecified atom stereocenters. The Bertz CT molecular complexity index is 284. The van der Waals surface area contributed by atoms with Crippen molar-refractivity contribution >= 4 is 15.9 Å². The number of sulfonamides is 1. The largest absolute Gasteiger partial charge is 0.368 e. The number of nitrogens with zero attached hydrogens (tertiary/aromatic N) is 1. The van der Waals surface area contributed by atoms with E-state index in [9.17, 15) is 13.2 Å². The lowest BCUT2D eigenvalue weighted by Crippen LogP contribution is -2.48. The number of carbonyl (C=O) groups excluding carboxylic acids is 1. The van der Waals surface area contributed by atoms with E-state index in [1.165, 1.54) is 7.05 Å². The third-order valence-corrected chi connectivity index (χ3v) is 3.11. The molecule has 1 atom stereocenters. The maximum Gasteiger partial charge on any atom is 0.236 e. The summed E-state index contributed by atoms with van der Waals surface area (Å²) in [5.74, 6) is -0.750. The number of hydrogen-bond acceptors (Lipinski definition) is 3. The van der Waals surface area contributed by atoms with Crippen molar-refractivity contribution in [3.63, 3.8) is 0 Å². The van der Waals surface area contributed by atoms with E-state index in [4.69, 9.17) is 5.73 Å². The standard InChI is InChI=1S/C7H16N2O3S/c1-5(2)6(7(8)10)9(3)13(4,11)12/h5-6H,1-4H3,(H2,8,10). The number of primary amides is 1. The molecule has 1 amide bonds. The van der Waals surface area contributed by atoms with E-state index >= 15 is 0 Å². The topological polar surface area (TPSA) is 80.5 Å². The van der Waals surface area contributed by atoms with E-state index in [1.807, 2.05) is 0 Å². The lowest BCUT2D eigenvalue weighted by Gasteiger charge is -2.26. The van der Waals surface area contributed by atoms with Crippen LogP contribution in [0.15, 0.2) is 0 Å². The number of nitrogens with two attached hydrogens (primary N) is 1. The predicted octanol–water partition coefficient (Wildman–Crippen LogP) is -0.612. The highest BCUT2D eigenvalue weighted by Crippen LogP contribution is 2.11. The lowest BCUT2D eigenvalue weighted by atomic mass is 10.0. The maximum atomic E-state index is 11.1.